The van der Waals surface area contributed by atoms with E-state index in [1.807, 2.05) is 42.5 Å². The van der Waals surface area contributed by atoms with Gasteiger partial charge in [-0.1, -0.05) is 41.9 Å². The van der Waals surface area contributed by atoms with Gasteiger partial charge >= 0.3 is 5.97 Å². The van der Waals surface area contributed by atoms with Crippen LogP contribution in [0.15, 0.2) is 65.1 Å². The molecule has 0 aliphatic heterocycles. The highest BCUT2D eigenvalue weighted by molar-refractivity contribution is 6.31. The smallest absolute Gasteiger partial charge is 0.337 e. The molecule has 0 amide bonds. The summed E-state index contributed by atoms with van der Waals surface area (Å²) in [7, 11) is 1.75. The lowest BCUT2D eigenvalue weighted by Gasteiger charge is -2.17. The number of rotatable bonds is 8. The predicted molar refractivity (Wildman–Crippen MR) is 129 cm³/mol. The molecule has 0 bridgehead atoms. The van der Waals surface area contributed by atoms with Crippen molar-refractivity contribution in [2.75, 3.05) is 23.0 Å². The fraction of sp³-hybridized carbons (Fsp3) is 0.125. The number of anilines is 4. The summed E-state index contributed by atoms with van der Waals surface area (Å²) in [6, 6.07) is 18.3. The SMILES string of the molecule is CNc1nc(C)nc(Nc2ccc(Cl)cc2C(=O)O)c1NCc1ccc(-c2ccccc2)o1. The van der Waals surface area contributed by atoms with Gasteiger partial charge in [0.2, 0.25) is 0 Å². The zero-order valence-electron chi connectivity index (χ0n) is 18.0. The van der Waals surface area contributed by atoms with Crippen molar-refractivity contribution in [1.82, 2.24) is 9.97 Å². The first-order valence-electron chi connectivity index (χ1n) is 10.2. The van der Waals surface area contributed by atoms with Crippen LogP contribution >= 0.6 is 11.6 Å². The van der Waals surface area contributed by atoms with E-state index in [0.717, 1.165) is 17.1 Å². The van der Waals surface area contributed by atoms with Crippen LogP contribution in [-0.4, -0.2) is 28.1 Å². The number of hydrogen-bond acceptors (Lipinski definition) is 7. The first kappa shape index (κ1) is 22.2. The molecular weight excluding hydrogens is 442 g/mol. The molecule has 0 fully saturated rings. The number of aryl methyl sites for hydroxylation is 1. The van der Waals surface area contributed by atoms with Crippen LogP contribution in [0.3, 0.4) is 0 Å². The second kappa shape index (κ2) is 9.62. The number of nitrogens with one attached hydrogen (secondary N) is 3. The lowest BCUT2D eigenvalue weighted by molar-refractivity contribution is 0.0698. The molecule has 8 nitrogen and oxygen atoms in total. The molecular formula is C24H22ClN5O3. The molecule has 0 aliphatic carbocycles. The standard InChI is InChI=1S/C24H22ClN5O3/c1-14-28-22(26-2)21(23(29-14)30-19-10-8-16(25)12-18(19)24(31)32)27-13-17-9-11-20(33-17)15-6-4-3-5-7-15/h3-12,27H,13H2,1-2H3,(H,31,32)(H2,26,28,29,30). The first-order chi connectivity index (χ1) is 15.9. The molecule has 0 saturated carbocycles. The number of halogens is 1. The molecule has 2 aromatic heterocycles. The monoisotopic (exact) mass is 463 g/mol. The molecule has 2 heterocycles. The summed E-state index contributed by atoms with van der Waals surface area (Å²) in [5.74, 6) is 1.89. The van der Waals surface area contributed by atoms with Crippen LogP contribution in [0.2, 0.25) is 5.02 Å². The van der Waals surface area contributed by atoms with Crippen molar-refractivity contribution in [2.24, 2.45) is 0 Å². The third kappa shape index (κ3) is 5.07. The maximum Gasteiger partial charge on any atom is 0.337 e. The predicted octanol–water partition coefficient (Wildman–Crippen LogP) is 5.79. The minimum atomic E-state index is -1.10. The Labute approximate surface area is 195 Å². The van der Waals surface area contributed by atoms with Gasteiger partial charge in [0.25, 0.3) is 0 Å². The molecule has 4 rings (SSSR count). The highest BCUT2D eigenvalue weighted by Gasteiger charge is 2.17. The molecule has 0 spiro atoms. The zero-order valence-corrected chi connectivity index (χ0v) is 18.8. The summed E-state index contributed by atoms with van der Waals surface area (Å²) in [6.07, 6.45) is 0. The van der Waals surface area contributed by atoms with Crippen LogP contribution in [0.25, 0.3) is 11.3 Å². The molecule has 0 atom stereocenters. The van der Waals surface area contributed by atoms with Crippen molar-refractivity contribution in [3.05, 3.63) is 82.8 Å². The van der Waals surface area contributed by atoms with Crippen LogP contribution in [0.5, 0.6) is 0 Å². The van der Waals surface area contributed by atoms with Crippen LogP contribution in [0.1, 0.15) is 21.9 Å². The number of aromatic nitrogens is 2. The number of carbonyl (C=O) groups is 1. The number of hydrogen-bond donors (Lipinski definition) is 4. The molecule has 33 heavy (non-hydrogen) atoms. The van der Waals surface area contributed by atoms with Crippen LogP contribution in [-0.2, 0) is 6.54 Å². The second-order valence-electron chi connectivity index (χ2n) is 7.20. The van der Waals surface area contributed by atoms with E-state index in [2.05, 4.69) is 25.9 Å². The van der Waals surface area contributed by atoms with Crippen LogP contribution in [0, 0.1) is 6.92 Å². The highest BCUT2D eigenvalue weighted by Crippen LogP contribution is 2.33. The Morgan fingerprint density at radius 1 is 1.06 bits per heavy atom. The van der Waals surface area contributed by atoms with E-state index in [0.29, 0.717) is 40.4 Å². The third-order valence-corrected chi connectivity index (χ3v) is 5.12. The topological polar surface area (TPSA) is 112 Å². The van der Waals surface area contributed by atoms with E-state index >= 15 is 0 Å². The molecule has 0 aliphatic rings. The van der Waals surface area contributed by atoms with Gasteiger partial charge in [0.15, 0.2) is 11.6 Å². The van der Waals surface area contributed by atoms with E-state index in [1.54, 1.807) is 26.1 Å². The lowest BCUT2D eigenvalue weighted by Crippen LogP contribution is -2.11. The number of benzene rings is 2. The fourth-order valence-electron chi connectivity index (χ4n) is 3.35. The minimum Gasteiger partial charge on any atom is -0.478 e. The van der Waals surface area contributed by atoms with Gasteiger partial charge < -0.3 is 25.5 Å². The third-order valence-electron chi connectivity index (χ3n) is 4.88. The molecule has 0 unspecified atom stereocenters. The van der Waals surface area contributed by atoms with Crippen molar-refractivity contribution >= 4 is 40.6 Å². The number of aromatic carboxylic acids is 1. The van der Waals surface area contributed by atoms with Gasteiger partial charge in [-0.15, -0.1) is 0 Å². The van der Waals surface area contributed by atoms with Crippen LogP contribution in [0.4, 0.5) is 23.0 Å². The van der Waals surface area contributed by atoms with E-state index < -0.39 is 5.97 Å². The Balaban J connectivity index is 1.63. The molecule has 168 valence electrons. The molecule has 4 N–H and O–H groups in total. The summed E-state index contributed by atoms with van der Waals surface area (Å²) in [6.45, 7) is 2.13. The quantitative estimate of drug-likeness (QED) is 0.259. The lowest BCUT2D eigenvalue weighted by atomic mass is 10.1. The normalized spacial score (nSPS) is 10.6. The Hall–Kier alpha value is -4.04. The average molecular weight is 464 g/mol. The van der Waals surface area contributed by atoms with E-state index in [-0.39, 0.29) is 5.56 Å². The maximum absolute atomic E-state index is 11.7. The van der Waals surface area contributed by atoms with Gasteiger partial charge in [-0.3, -0.25) is 0 Å². The van der Waals surface area contributed by atoms with Crippen molar-refractivity contribution in [3.8, 4) is 11.3 Å². The molecule has 0 radical (unpaired) electrons. The fourth-order valence-corrected chi connectivity index (χ4v) is 3.52. The molecule has 9 heteroatoms. The second-order valence-corrected chi connectivity index (χ2v) is 7.64. The molecule has 0 saturated heterocycles. The minimum absolute atomic E-state index is 0.0364. The van der Waals surface area contributed by atoms with Gasteiger partial charge in [-0.2, -0.15) is 0 Å². The van der Waals surface area contributed by atoms with Crippen molar-refractivity contribution in [3.63, 3.8) is 0 Å². The van der Waals surface area contributed by atoms with Gasteiger partial charge in [0, 0.05) is 17.6 Å². The van der Waals surface area contributed by atoms with E-state index in [9.17, 15) is 9.90 Å². The van der Waals surface area contributed by atoms with E-state index in [1.165, 1.54) is 6.07 Å². The number of carboxylic acid groups (broad SMARTS) is 1. The summed E-state index contributed by atoms with van der Waals surface area (Å²) in [5.41, 5.74) is 1.96. The first-order valence-corrected chi connectivity index (χ1v) is 10.6. The van der Waals surface area contributed by atoms with Crippen molar-refractivity contribution < 1.29 is 14.3 Å². The number of furan rings is 1. The number of carboxylic acids is 1. The summed E-state index contributed by atoms with van der Waals surface area (Å²) in [5, 5.41) is 19.4. The Morgan fingerprint density at radius 3 is 2.55 bits per heavy atom. The van der Waals surface area contributed by atoms with Crippen molar-refractivity contribution in [2.45, 2.75) is 13.5 Å². The zero-order chi connectivity index (χ0) is 23.4. The van der Waals surface area contributed by atoms with Crippen molar-refractivity contribution in [1.29, 1.82) is 0 Å². The molecule has 4 aromatic rings. The van der Waals surface area contributed by atoms with Gasteiger partial charge in [-0.05, 0) is 37.3 Å². The van der Waals surface area contributed by atoms with Crippen LogP contribution < -0.4 is 16.0 Å². The Kier molecular flexibility index (Phi) is 6.46. The van der Waals surface area contributed by atoms with Gasteiger partial charge in [0.1, 0.15) is 23.0 Å². The van der Waals surface area contributed by atoms with Gasteiger partial charge in [0.05, 0.1) is 17.8 Å². The maximum atomic E-state index is 11.7. The Bertz CT molecular complexity index is 1290. The summed E-state index contributed by atoms with van der Waals surface area (Å²) in [4.78, 5) is 20.6. The Morgan fingerprint density at radius 2 is 1.82 bits per heavy atom. The van der Waals surface area contributed by atoms with Gasteiger partial charge in [-0.25, -0.2) is 14.8 Å². The highest BCUT2D eigenvalue weighted by atomic mass is 35.5. The largest absolute Gasteiger partial charge is 0.478 e. The average Bonchev–Trinajstić information content (AvgIpc) is 3.28. The summed E-state index contributed by atoms with van der Waals surface area (Å²) >= 11 is 5.98. The number of nitrogens with zero attached hydrogens (tertiary/aromatic N) is 2. The summed E-state index contributed by atoms with van der Waals surface area (Å²) < 4.78 is 5.97. The molecule has 2 aromatic carbocycles. The van der Waals surface area contributed by atoms with E-state index in [4.69, 9.17) is 16.0 Å².